The van der Waals surface area contributed by atoms with Gasteiger partial charge in [0, 0.05) is 12.5 Å². The van der Waals surface area contributed by atoms with Gasteiger partial charge in [-0.3, -0.25) is 0 Å². The summed E-state index contributed by atoms with van der Waals surface area (Å²) in [5.74, 6) is 1.07. The van der Waals surface area contributed by atoms with Gasteiger partial charge in [-0.25, -0.2) is 8.78 Å². The van der Waals surface area contributed by atoms with E-state index in [1.165, 1.54) is 33.3 Å². The van der Waals surface area contributed by atoms with Gasteiger partial charge in [0.1, 0.15) is 23.9 Å². The lowest BCUT2D eigenvalue weighted by Crippen LogP contribution is -2.04. The second kappa shape index (κ2) is 8.95. The van der Waals surface area contributed by atoms with E-state index in [2.05, 4.69) is 0 Å². The molecular formula is C14H24F2O2. The Hall–Kier alpha value is -1.06. The normalized spacial score (nSPS) is 16.7. The zero-order chi connectivity index (χ0) is 14.1. The van der Waals surface area contributed by atoms with Crippen LogP contribution in [-0.4, -0.2) is 26.6 Å². The van der Waals surface area contributed by atoms with Crippen LogP contribution < -0.4 is 0 Å². The van der Waals surface area contributed by atoms with E-state index < -0.39 is 12.3 Å². The molecule has 0 N–H and O–H groups in total. The van der Waals surface area contributed by atoms with Crippen molar-refractivity contribution in [3.63, 3.8) is 0 Å². The van der Waals surface area contributed by atoms with Crippen LogP contribution in [0.15, 0.2) is 23.7 Å². The fourth-order valence-corrected chi connectivity index (χ4v) is 1.51. The van der Waals surface area contributed by atoms with E-state index >= 15 is 0 Å². The molecule has 0 radical (unpaired) electrons. The van der Waals surface area contributed by atoms with Crippen molar-refractivity contribution in [3.8, 4) is 0 Å². The molecule has 0 saturated heterocycles. The molecule has 2 nitrogen and oxygen atoms in total. The van der Waals surface area contributed by atoms with Gasteiger partial charge in [-0.1, -0.05) is 13.8 Å². The second-order valence-corrected chi connectivity index (χ2v) is 4.72. The summed E-state index contributed by atoms with van der Waals surface area (Å²) in [7, 11) is 2.92. The topological polar surface area (TPSA) is 18.5 Å². The van der Waals surface area contributed by atoms with Crippen LogP contribution in [0.2, 0.25) is 0 Å². The predicted octanol–water partition coefficient (Wildman–Crippen LogP) is 4.18. The molecular weight excluding hydrogens is 238 g/mol. The molecule has 0 aromatic rings. The zero-order valence-electron chi connectivity index (χ0n) is 11.9. The average Bonchev–Trinajstić information content (AvgIpc) is 2.25. The minimum Gasteiger partial charge on any atom is -0.501 e. The minimum absolute atomic E-state index is 0.151. The van der Waals surface area contributed by atoms with Crippen molar-refractivity contribution < 1.29 is 18.3 Å². The molecule has 4 heteroatoms. The highest BCUT2D eigenvalue weighted by Crippen LogP contribution is 2.16. The number of methoxy groups -OCH3 is 2. The molecule has 0 aliphatic rings. The summed E-state index contributed by atoms with van der Waals surface area (Å²) in [6.07, 6.45) is 1.43. The van der Waals surface area contributed by atoms with Gasteiger partial charge in [0.25, 0.3) is 0 Å². The van der Waals surface area contributed by atoms with E-state index in [4.69, 9.17) is 9.47 Å². The van der Waals surface area contributed by atoms with Crippen LogP contribution in [0, 0.1) is 5.92 Å². The summed E-state index contributed by atoms with van der Waals surface area (Å²) < 4.78 is 36.6. The van der Waals surface area contributed by atoms with Crippen LogP contribution in [-0.2, 0) is 9.47 Å². The smallest absolute Gasteiger partial charge is 0.122 e. The van der Waals surface area contributed by atoms with Crippen LogP contribution in [0.25, 0.3) is 0 Å². The Kier molecular flexibility index (Phi) is 8.42. The lowest BCUT2D eigenvalue weighted by Gasteiger charge is -2.10. The molecule has 0 aliphatic carbocycles. The average molecular weight is 262 g/mol. The molecule has 106 valence electrons. The Labute approximate surface area is 109 Å². The molecule has 0 spiro atoms. The number of halogens is 2. The van der Waals surface area contributed by atoms with Gasteiger partial charge in [-0.2, -0.15) is 0 Å². The van der Waals surface area contributed by atoms with E-state index in [-0.39, 0.29) is 12.3 Å². The van der Waals surface area contributed by atoms with Gasteiger partial charge in [0.15, 0.2) is 0 Å². The number of ether oxygens (including phenoxy) is 2. The quantitative estimate of drug-likeness (QED) is 0.482. The maximum absolute atomic E-state index is 13.6. The number of allylic oxidation sites excluding steroid dienone is 3. The molecule has 0 rings (SSSR count). The third kappa shape index (κ3) is 8.09. The number of alkyl halides is 2. The van der Waals surface area contributed by atoms with Crippen LogP contribution in [0.1, 0.15) is 33.6 Å². The SMILES string of the molecule is COC(=C\C(F)CC(C)C)/C=C(\CC(C)F)OC. The first-order valence-corrected chi connectivity index (χ1v) is 6.17. The summed E-state index contributed by atoms with van der Waals surface area (Å²) in [6.45, 7) is 5.35. The van der Waals surface area contributed by atoms with Gasteiger partial charge in [0.2, 0.25) is 0 Å². The monoisotopic (exact) mass is 262 g/mol. The molecule has 0 aromatic carbocycles. The highest BCUT2D eigenvalue weighted by Gasteiger charge is 2.09. The number of hydrogen-bond donors (Lipinski definition) is 0. The Morgan fingerprint density at radius 2 is 1.72 bits per heavy atom. The molecule has 18 heavy (non-hydrogen) atoms. The van der Waals surface area contributed by atoms with Crippen LogP contribution in [0.3, 0.4) is 0 Å². The Morgan fingerprint density at radius 3 is 2.11 bits per heavy atom. The molecule has 0 heterocycles. The summed E-state index contributed by atoms with van der Waals surface area (Å²) >= 11 is 0. The third-order valence-electron chi connectivity index (χ3n) is 2.33. The van der Waals surface area contributed by atoms with Crippen molar-refractivity contribution in [3.05, 3.63) is 23.7 Å². The van der Waals surface area contributed by atoms with E-state index in [1.54, 1.807) is 0 Å². The number of hydrogen-bond acceptors (Lipinski definition) is 2. The lowest BCUT2D eigenvalue weighted by atomic mass is 10.1. The fourth-order valence-electron chi connectivity index (χ4n) is 1.51. The van der Waals surface area contributed by atoms with E-state index in [9.17, 15) is 8.78 Å². The van der Waals surface area contributed by atoms with Gasteiger partial charge < -0.3 is 9.47 Å². The molecule has 0 amide bonds. The first-order valence-electron chi connectivity index (χ1n) is 6.17. The molecule has 0 fully saturated rings. The van der Waals surface area contributed by atoms with E-state index in [1.807, 2.05) is 13.8 Å². The molecule has 2 unspecified atom stereocenters. The Balaban J connectivity index is 4.73. The lowest BCUT2D eigenvalue weighted by molar-refractivity contribution is 0.233. The highest BCUT2D eigenvalue weighted by atomic mass is 19.1. The summed E-state index contributed by atoms with van der Waals surface area (Å²) in [6, 6.07) is 0. The summed E-state index contributed by atoms with van der Waals surface area (Å²) in [4.78, 5) is 0. The largest absolute Gasteiger partial charge is 0.501 e. The standard InChI is InChI=1S/C14H24F2O2/c1-10(2)6-12(16)8-14(18-5)9-13(17-4)7-11(3)15/h8-12H,6-7H2,1-5H3/b13-9+,14-8-. The third-order valence-corrected chi connectivity index (χ3v) is 2.33. The van der Waals surface area contributed by atoms with E-state index in [0.29, 0.717) is 17.9 Å². The minimum atomic E-state index is -1.07. The van der Waals surface area contributed by atoms with Crippen molar-refractivity contribution in [2.24, 2.45) is 5.92 Å². The summed E-state index contributed by atoms with van der Waals surface area (Å²) in [5.41, 5.74) is 0. The summed E-state index contributed by atoms with van der Waals surface area (Å²) in [5, 5.41) is 0. The molecule has 0 aromatic heterocycles. The van der Waals surface area contributed by atoms with E-state index in [0.717, 1.165) is 0 Å². The van der Waals surface area contributed by atoms with Gasteiger partial charge >= 0.3 is 0 Å². The van der Waals surface area contributed by atoms with Crippen molar-refractivity contribution in [2.75, 3.05) is 14.2 Å². The Morgan fingerprint density at radius 1 is 1.11 bits per heavy atom. The fraction of sp³-hybridized carbons (Fsp3) is 0.714. The van der Waals surface area contributed by atoms with Crippen molar-refractivity contribution >= 4 is 0 Å². The van der Waals surface area contributed by atoms with Gasteiger partial charge in [-0.15, -0.1) is 0 Å². The van der Waals surface area contributed by atoms with Crippen molar-refractivity contribution in [1.82, 2.24) is 0 Å². The first kappa shape index (κ1) is 16.9. The van der Waals surface area contributed by atoms with Gasteiger partial charge in [-0.05, 0) is 25.3 Å². The first-order chi connectivity index (χ1) is 8.38. The maximum atomic E-state index is 13.6. The number of rotatable bonds is 8. The molecule has 0 aliphatic heterocycles. The molecule has 0 saturated carbocycles. The highest BCUT2D eigenvalue weighted by molar-refractivity contribution is 5.17. The zero-order valence-corrected chi connectivity index (χ0v) is 11.9. The van der Waals surface area contributed by atoms with Gasteiger partial charge in [0.05, 0.1) is 14.2 Å². The molecule has 2 atom stereocenters. The maximum Gasteiger partial charge on any atom is 0.122 e. The molecule has 0 bridgehead atoms. The predicted molar refractivity (Wildman–Crippen MR) is 69.7 cm³/mol. The van der Waals surface area contributed by atoms with Crippen molar-refractivity contribution in [2.45, 2.75) is 46.0 Å². The van der Waals surface area contributed by atoms with Crippen LogP contribution in [0.4, 0.5) is 8.78 Å². The Bertz CT molecular complexity index is 284. The van der Waals surface area contributed by atoms with Crippen molar-refractivity contribution in [1.29, 1.82) is 0 Å². The van der Waals surface area contributed by atoms with Crippen LogP contribution >= 0.6 is 0 Å². The van der Waals surface area contributed by atoms with Crippen LogP contribution in [0.5, 0.6) is 0 Å². The second-order valence-electron chi connectivity index (χ2n) is 4.72.